The predicted octanol–water partition coefficient (Wildman–Crippen LogP) is -0.648. The van der Waals surface area contributed by atoms with E-state index in [1.807, 2.05) is 6.92 Å². The van der Waals surface area contributed by atoms with Crippen LogP contribution in [0.25, 0.3) is 0 Å². The van der Waals surface area contributed by atoms with Crippen molar-refractivity contribution in [1.82, 2.24) is 10.2 Å². The lowest BCUT2D eigenvalue weighted by Crippen LogP contribution is -2.41. The molecule has 0 spiro atoms. The van der Waals surface area contributed by atoms with E-state index in [0.29, 0.717) is 13.0 Å². The molecule has 0 bridgehead atoms. The van der Waals surface area contributed by atoms with E-state index in [0.717, 1.165) is 0 Å². The van der Waals surface area contributed by atoms with Gasteiger partial charge in [-0.2, -0.15) is 0 Å². The number of aliphatic hydroxyl groups is 1. The van der Waals surface area contributed by atoms with Gasteiger partial charge >= 0.3 is 0 Å². The van der Waals surface area contributed by atoms with Crippen LogP contribution in [-0.4, -0.2) is 48.1 Å². The van der Waals surface area contributed by atoms with E-state index in [-0.39, 0.29) is 36.8 Å². The van der Waals surface area contributed by atoms with Gasteiger partial charge in [-0.05, 0) is 6.42 Å². The zero-order valence-corrected chi connectivity index (χ0v) is 9.19. The van der Waals surface area contributed by atoms with Gasteiger partial charge in [-0.1, -0.05) is 6.92 Å². The number of aliphatic hydroxyl groups excluding tert-OH is 1. The molecule has 86 valence electrons. The third-order valence-electron chi connectivity index (χ3n) is 2.77. The summed E-state index contributed by atoms with van der Waals surface area (Å²) in [4.78, 5) is 24.4. The summed E-state index contributed by atoms with van der Waals surface area (Å²) in [7, 11) is 1.69. The van der Waals surface area contributed by atoms with Gasteiger partial charge in [0.1, 0.15) is 0 Å². The van der Waals surface area contributed by atoms with Crippen LogP contribution in [0.5, 0.6) is 0 Å². The van der Waals surface area contributed by atoms with Crippen LogP contribution in [0.1, 0.15) is 19.8 Å². The molecule has 0 saturated carbocycles. The summed E-state index contributed by atoms with van der Waals surface area (Å²) >= 11 is 0. The average molecular weight is 214 g/mol. The quantitative estimate of drug-likeness (QED) is 0.653. The molecule has 0 aromatic heterocycles. The Hall–Kier alpha value is -1.10. The van der Waals surface area contributed by atoms with Gasteiger partial charge in [-0.15, -0.1) is 0 Å². The minimum atomic E-state index is -0.261. The summed E-state index contributed by atoms with van der Waals surface area (Å²) in [5, 5.41) is 11.7. The highest BCUT2D eigenvalue weighted by Crippen LogP contribution is 2.16. The fourth-order valence-corrected chi connectivity index (χ4v) is 1.64. The van der Waals surface area contributed by atoms with E-state index >= 15 is 0 Å². The maximum Gasteiger partial charge on any atom is 0.225 e. The Balaban J connectivity index is 2.44. The first kappa shape index (κ1) is 12.0. The highest BCUT2D eigenvalue weighted by atomic mass is 16.3. The van der Waals surface area contributed by atoms with Crippen molar-refractivity contribution in [3.63, 3.8) is 0 Å². The van der Waals surface area contributed by atoms with Crippen LogP contribution in [0, 0.1) is 5.92 Å². The van der Waals surface area contributed by atoms with Crippen LogP contribution in [0.4, 0.5) is 0 Å². The molecule has 1 aliphatic heterocycles. The molecule has 2 N–H and O–H groups in total. The van der Waals surface area contributed by atoms with Crippen molar-refractivity contribution in [3.8, 4) is 0 Å². The second kappa shape index (κ2) is 5.11. The maximum absolute atomic E-state index is 11.7. The summed E-state index contributed by atoms with van der Waals surface area (Å²) in [5.74, 6) is -0.385. The lowest BCUT2D eigenvalue weighted by atomic mass is 10.1. The number of nitrogens with one attached hydrogen (secondary N) is 1. The molecule has 2 amide bonds. The van der Waals surface area contributed by atoms with E-state index in [9.17, 15) is 9.59 Å². The molecular formula is C10H18N2O3. The zero-order chi connectivity index (χ0) is 11.4. The molecule has 5 nitrogen and oxygen atoms in total. The normalized spacial score (nSPS) is 23.0. The zero-order valence-electron chi connectivity index (χ0n) is 9.19. The first-order chi connectivity index (χ1) is 7.08. The maximum atomic E-state index is 11.7. The van der Waals surface area contributed by atoms with Gasteiger partial charge in [-0.3, -0.25) is 9.59 Å². The fourth-order valence-electron chi connectivity index (χ4n) is 1.64. The molecule has 1 aliphatic rings. The fraction of sp³-hybridized carbons (Fsp3) is 0.800. The molecule has 0 radical (unpaired) electrons. The number of carbonyl (C=O) groups excluding carboxylic acids is 2. The highest BCUT2D eigenvalue weighted by molar-refractivity contribution is 5.89. The van der Waals surface area contributed by atoms with Gasteiger partial charge in [0.2, 0.25) is 11.8 Å². The van der Waals surface area contributed by atoms with Crippen LogP contribution >= 0.6 is 0 Å². The molecule has 0 aliphatic carbocycles. The van der Waals surface area contributed by atoms with Crippen molar-refractivity contribution in [1.29, 1.82) is 0 Å². The Kier molecular flexibility index (Phi) is 4.08. The van der Waals surface area contributed by atoms with E-state index in [1.165, 1.54) is 0 Å². The van der Waals surface area contributed by atoms with Crippen molar-refractivity contribution in [2.75, 3.05) is 20.2 Å². The smallest absolute Gasteiger partial charge is 0.225 e. The number of hydrogen-bond acceptors (Lipinski definition) is 3. The van der Waals surface area contributed by atoms with Crippen LogP contribution < -0.4 is 5.32 Å². The Labute approximate surface area is 89.4 Å². The number of likely N-dealkylation sites (tertiary alicyclic amines) is 1. The minimum Gasteiger partial charge on any atom is -0.394 e. The highest BCUT2D eigenvalue weighted by Gasteiger charge is 2.32. The largest absolute Gasteiger partial charge is 0.394 e. The van der Waals surface area contributed by atoms with Gasteiger partial charge in [0, 0.05) is 20.0 Å². The third kappa shape index (κ3) is 2.92. The molecule has 1 fully saturated rings. The predicted molar refractivity (Wildman–Crippen MR) is 55.1 cm³/mol. The summed E-state index contributed by atoms with van der Waals surface area (Å²) < 4.78 is 0. The lowest BCUT2D eigenvalue weighted by molar-refractivity contribution is -0.128. The SMILES string of the molecule is CC[C@@H](CO)NC(=O)C1CC(=O)N(C)C1. The van der Waals surface area contributed by atoms with Gasteiger partial charge in [0.05, 0.1) is 18.6 Å². The Morgan fingerprint density at radius 3 is 2.80 bits per heavy atom. The lowest BCUT2D eigenvalue weighted by Gasteiger charge is -2.16. The molecule has 0 aromatic rings. The number of rotatable bonds is 4. The topological polar surface area (TPSA) is 69.6 Å². The van der Waals surface area contributed by atoms with Crippen LogP contribution in [0.2, 0.25) is 0 Å². The summed E-state index contributed by atoms with van der Waals surface area (Å²) in [6.45, 7) is 2.32. The number of carbonyl (C=O) groups is 2. The van der Waals surface area contributed by atoms with Crippen molar-refractivity contribution >= 4 is 11.8 Å². The van der Waals surface area contributed by atoms with Crippen LogP contribution in [0.15, 0.2) is 0 Å². The molecule has 1 saturated heterocycles. The Bertz CT molecular complexity index is 251. The first-order valence-corrected chi connectivity index (χ1v) is 5.23. The van der Waals surface area contributed by atoms with Crippen molar-refractivity contribution in [3.05, 3.63) is 0 Å². The summed E-state index contributed by atoms with van der Waals surface area (Å²) in [6, 6.07) is -0.196. The Morgan fingerprint density at radius 2 is 2.40 bits per heavy atom. The number of nitrogens with zero attached hydrogens (tertiary/aromatic N) is 1. The second-order valence-electron chi connectivity index (χ2n) is 3.97. The molecule has 2 atom stereocenters. The van der Waals surface area contributed by atoms with E-state index in [4.69, 9.17) is 5.11 Å². The third-order valence-corrected chi connectivity index (χ3v) is 2.77. The Morgan fingerprint density at radius 1 is 1.73 bits per heavy atom. The van der Waals surface area contributed by atoms with Crippen molar-refractivity contribution in [2.45, 2.75) is 25.8 Å². The van der Waals surface area contributed by atoms with Crippen LogP contribution in [-0.2, 0) is 9.59 Å². The molecule has 5 heteroatoms. The summed E-state index contributed by atoms with van der Waals surface area (Å²) in [5.41, 5.74) is 0. The molecular weight excluding hydrogens is 196 g/mol. The van der Waals surface area contributed by atoms with E-state index in [2.05, 4.69) is 5.32 Å². The van der Waals surface area contributed by atoms with Crippen molar-refractivity contribution in [2.24, 2.45) is 5.92 Å². The molecule has 1 heterocycles. The van der Waals surface area contributed by atoms with Gasteiger partial charge in [-0.25, -0.2) is 0 Å². The molecule has 1 unspecified atom stereocenters. The molecule has 15 heavy (non-hydrogen) atoms. The molecule has 1 rings (SSSR count). The van der Waals surface area contributed by atoms with Gasteiger partial charge < -0.3 is 15.3 Å². The number of hydrogen-bond donors (Lipinski definition) is 2. The van der Waals surface area contributed by atoms with E-state index < -0.39 is 0 Å². The van der Waals surface area contributed by atoms with Crippen LogP contribution in [0.3, 0.4) is 0 Å². The van der Waals surface area contributed by atoms with E-state index in [1.54, 1.807) is 11.9 Å². The number of amides is 2. The monoisotopic (exact) mass is 214 g/mol. The second-order valence-corrected chi connectivity index (χ2v) is 3.97. The minimum absolute atomic E-state index is 0.00666. The van der Waals surface area contributed by atoms with Crippen molar-refractivity contribution < 1.29 is 14.7 Å². The molecule has 0 aromatic carbocycles. The van der Waals surface area contributed by atoms with Gasteiger partial charge in [0.15, 0.2) is 0 Å². The summed E-state index contributed by atoms with van der Waals surface area (Å²) in [6.07, 6.45) is 0.975. The van der Waals surface area contributed by atoms with Gasteiger partial charge in [0.25, 0.3) is 0 Å². The first-order valence-electron chi connectivity index (χ1n) is 5.23. The average Bonchev–Trinajstić information content (AvgIpc) is 2.55. The standard InChI is InChI=1S/C10H18N2O3/c1-3-8(6-13)11-10(15)7-4-9(14)12(2)5-7/h7-8,13H,3-6H2,1-2H3,(H,11,15)/t7?,8-/m0/s1.